The Kier molecular flexibility index (Phi) is 3.65. The van der Waals surface area contributed by atoms with E-state index in [1.807, 2.05) is 22.6 Å². The van der Waals surface area contributed by atoms with Gasteiger partial charge in [-0.15, -0.1) is 0 Å². The first-order valence-electron chi connectivity index (χ1n) is 5.25. The van der Waals surface area contributed by atoms with E-state index in [1.165, 1.54) is 23.0 Å². The number of nitrogens with zero attached hydrogens (tertiary/aromatic N) is 2. The highest BCUT2D eigenvalue weighted by molar-refractivity contribution is 14.1. The second-order valence-corrected chi connectivity index (χ2v) is 4.96. The molecule has 1 aromatic carbocycles. The normalized spacial score (nSPS) is 10.6. The van der Waals surface area contributed by atoms with Crippen LogP contribution >= 0.6 is 22.6 Å². The first-order chi connectivity index (χ1) is 8.50. The van der Waals surface area contributed by atoms with Crippen molar-refractivity contribution in [3.8, 4) is 0 Å². The van der Waals surface area contributed by atoms with Crippen LogP contribution in [0.15, 0.2) is 29.3 Å². The van der Waals surface area contributed by atoms with Crippen molar-refractivity contribution < 1.29 is 4.39 Å². The van der Waals surface area contributed by atoms with Gasteiger partial charge in [-0.25, -0.2) is 9.37 Å². The van der Waals surface area contributed by atoms with Crippen molar-refractivity contribution in [1.82, 2.24) is 9.55 Å². The van der Waals surface area contributed by atoms with Gasteiger partial charge in [-0.1, -0.05) is 6.07 Å². The maximum atomic E-state index is 13.6. The molecule has 0 bridgehead atoms. The lowest BCUT2D eigenvalue weighted by Crippen LogP contribution is -2.25. The minimum atomic E-state index is -0.419. The molecule has 0 atom stereocenters. The molecular formula is C12H11FIN3O. The number of benzene rings is 1. The molecule has 0 aliphatic carbocycles. The lowest BCUT2D eigenvalue weighted by molar-refractivity contribution is 0.594. The molecule has 0 radical (unpaired) electrons. The molecule has 2 N–H and O–H groups in total. The van der Waals surface area contributed by atoms with Crippen LogP contribution in [-0.4, -0.2) is 9.55 Å². The Morgan fingerprint density at radius 1 is 1.50 bits per heavy atom. The Morgan fingerprint density at radius 3 is 2.89 bits per heavy atom. The van der Waals surface area contributed by atoms with Gasteiger partial charge in [0.15, 0.2) is 0 Å². The third kappa shape index (κ3) is 2.38. The summed E-state index contributed by atoms with van der Waals surface area (Å²) in [5, 5.41) is 0. The lowest BCUT2D eigenvalue weighted by Gasteiger charge is -2.10. The number of anilines is 1. The highest BCUT2D eigenvalue weighted by Crippen LogP contribution is 2.16. The Balaban J connectivity index is 2.47. The largest absolute Gasteiger partial charge is 0.398 e. The number of hydrogen-bond acceptors (Lipinski definition) is 3. The van der Waals surface area contributed by atoms with Crippen molar-refractivity contribution in [3.63, 3.8) is 0 Å². The molecule has 1 aromatic heterocycles. The van der Waals surface area contributed by atoms with Crippen LogP contribution in [0.25, 0.3) is 0 Å². The van der Waals surface area contributed by atoms with E-state index in [1.54, 1.807) is 13.0 Å². The fourth-order valence-corrected chi connectivity index (χ4v) is 2.02. The molecule has 0 saturated heterocycles. The van der Waals surface area contributed by atoms with Gasteiger partial charge in [0.2, 0.25) is 0 Å². The van der Waals surface area contributed by atoms with Crippen LogP contribution in [0.2, 0.25) is 0 Å². The summed E-state index contributed by atoms with van der Waals surface area (Å²) < 4.78 is 15.5. The summed E-state index contributed by atoms with van der Waals surface area (Å²) in [6, 6.07) is 4.47. The fraction of sp³-hybridized carbons (Fsp3) is 0.167. The van der Waals surface area contributed by atoms with E-state index in [2.05, 4.69) is 4.98 Å². The van der Waals surface area contributed by atoms with Crippen molar-refractivity contribution >= 4 is 28.3 Å². The summed E-state index contributed by atoms with van der Waals surface area (Å²) in [6.07, 6.45) is 1.41. The monoisotopic (exact) mass is 359 g/mol. The predicted molar refractivity (Wildman–Crippen MR) is 75.9 cm³/mol. The van der Waals surface area contributed by atoms with Gasteiger partial charge >= 0.3 is 0 Å². The predicted octanol–water partition coefficient (Wildman–Crippen LogP) is 1.93. The number of aromatic nitrogens is 2. The number of hydrogen-bond donors (Lipinski definition) is 1. The van der Waals surface area contributed by atoms with E-state index in [4.69, 9.17) is 5.73 Å². The molecule has 0 spiro atoms. The topological polar surface area (TPSA) is 60.9 Å². The second kappa shape index (κ2) is 5.05. The van der Waals surface area contributed by atoms with Gasteiger partial charge in [-0.05, 0) is 41.6 Å². The summed E-state index contributed by atoms with van der Waals surface area (Å²) >= 11 is 1.93. The molecule has 0 amide bonds. The number of rotatable bonds is 2. The van der Waals surface area contributed by atoms with E-state index in [-0.39, 0.29) is 12.1 Å². The Labute approximate surface area is 117 Å². The Hall–Kier alpha value is -1.44. The van der Waals surface area contributed by atoms with E-state index in [9.17, 15) is 9.18 Å². The average Bonchev–Trinajstić information content (AvgIpc) is 2.34. The van der Waals surface area contributed by atoms with Crippen LogP contribution in [0.5, 0.6) is 0 Å². The standard InChI is InChI=1S/C12H11FIN3O/c1-7-11(14)12(18)17(6-16-7)5-8-9(13)3-2-4-10(8)15/h2-4,6H,5,15H2,1H3. The zero-order valence-electron chi connectivity index (χ0n) is 9.65. The minimum Gasteiger partial charge on any atom is -0.398 e. The summed E-state index contributed by atoms with van der Waals surface area (Å²) in [5.74, 6) is -0.419. The molecule has 2 aromatic rings. The van der Waals surface area contributed by atoms with E-state index in [0.717, 1.165) is 0 Å². The van der Waals surface area contributed by atoms with E-state index in [0.29, 0.717) is 20.5 Å². The Morgan fingerprint density at radius 2 is 2.22 bits per heavy atom. The van der Waals surface area contributed by atoms with Crippen LogP contribution in [0, 0.1) is 16.3 Å². The summed E-state index contributed by atoms with van der Waals surface area (Å²) in [4.78, 5) is 16.1. The van der Waals surface area contributed by atoms with Crippen molar-refractivity contribution in [3.05, 3.63) is 55.5 Å². The maximum absolute atomic E-state index is 13.6. The minimum absolute atomic E-state index is 0.0839. The van der Waals surface area contributed by atoms with Gasteiger partial charge in [0, 0.05) is 11.3 Å². The molecule has 94 valence electrons. The zero-order valence-corrected chi connectivity index (χ0v) is 11.8. The highest BCUT2D eigenvalue weighted by atomic mass is 127. The molecule has 6 heteroatoms. The molecule has 0 fully saturated rings. The van der Waals surface area contributed by atoms with Crippen molar-refractivity contribution in [2.75, 3.05) is 5.73 Å². The van der Waals surface area contributed by atoms with Crippen LogP contribution < -0.4 is 11.3 Å². The number of aryl methyl sites for hydroxylation is 1. The van der Waals surface area contributed by atoms with Crippen LogP contribution in [-0.2, 0) is 6.54 Å². The van der Waals surface area contributed by atoms with Crippen molar-refractivity contribution in [2.24, 2.45) is 0 Å². The summed E-state index contributed by atoms with van der Waals surface area (Å²) in [6.45, 7) is 1.84. The third-order valence-corrected chi connectivity index (χ3v) is 3.88. The fourth-order valence-electron chi connectivity index (χ4n) is 1.57. The SMILES string of the molecule is Cc1ncn(Cc2c(N)cccc2F)c(=O)c1I. The molecule has 0 unspecified atom stereocenters. The van der Waals surface area contributed by atoms with Gasteiger partial charge < -0.3 is 5.73 Å². The summed E-state index contributed by atoms with van der Waals surface area (Å²) in [5.41, 5.74) is 6.82. The zero-order chi connectivity index (χ0) is 13.3. The molecule has 0 saturated carbocycles. The maximum Gasteiger partial charge on any atom is 0.267 e. The second-order valence-electron chi connectivity index (χ2n) is 3.88. The molecular weight excluding hydrogens is 348 g/mol. The quantitative estimate of drug-likeness (QED) is 0.659. The number of nitrogen functional groups attached to an aromatic ring is 1. The number of nitrogens with two attached hydrogens (primary N) is 1. The first-order valence-corrected chi connectivity index (χ1v) is 6.33. The van der Waals surface area contributed by atoms with Crippen molar-refractivity contribution in [2.45, 2.75) is 13.5 Å². The molecule has 0 aliphatic rings. The van der Waals surface area contributed by atoms with E-state index >= 15 is 0 Å². The van der Waals surface area contributed by atoms with Gasteiger partial charge in [-0.2, -0.15) is 0 Å². The third-order valence-electron chi connectivity index (χ3n) is 2.64. The van der Waals surface area contributed by atoms with Gasteiger partial charge in [-0.3, -0.25) is 9.36 Å². The lowest BCUT2D eigenvalue weighted by atomic mass is 10.1. The van der Waals surface area contributed by atoms with Gasteiger partial charge in [0.25, 0.3) is 5.56 Å². The van der Waals surface area contributed by atoms with Gasteiger partial charge in [0.05, 0.1) is 22.1 Å². The first kappa shape index (κ1) is 13.0. The number of halogens is 2. The van der Waals surface area contributed by atoms with Gasteiger partial charge in [0.1, 0.15) is 5.82 Å². The van der Waals surface area contributed by atoms with E-state index < -0.39 is 5.82 Å². The molecule has 18 heavy (non-hydrogen) atoms. The molecule has 1 heterocycles. The highest BCUT2D eigenvalue weighted by Gasteiger charge is 2.10. The smallest absolute Gasteiger partial charge is 0.267 e. The summed E-state index contributed by atoms with van der Waals surface area (Å²) in [7, 11) is 0. The van der Waals surface area contributed by atoms with Crippen LogP contribution in [0.3, 0.4) is 0 Å². The van der Waals surface area contributed by atoms with Crippen LogP contribution in [0.1, 0.15) is 11.3 Å². The van der Waals surface area contributed by atoms with Crippen molar-refractivity contribution in [1.29, 1.82) is 0 Å². The molecule has 2 rings (SSSR count). The average molecular weight is 359 g/mol. The van der Waals surface area contributed by atoms with Crippen LogP contribution in [0.4, 0.5) is 10.1 Å². The molecule has 0 aliphatic heterocycles. The molecule has 4 nitrogen and oxygen atoms in total. The Bertz CT molecular complexity index is 634.